The third kappa shape index (κ3) is 5.03. The first-order chi connectivity index (χ1) is 13.2. The Kier molecular flexibility index (Phi) is 6.35. The number of aliphatic imine (C=N–C) groups is 1. The zero-order chi connectivity index (χ0) is 19.1. The number of hydrogen-bond donors (Lipinski definition) is 2. The van der Waals surface area contributed by atoms with Crippen molar-refractivity contribution in [3.05, 3.63) is 52.8 Å². The molecule has 7 heteroatoms. The van der Waals surface area contributed by atoms with Crippen LogP contribution in [0.25, 0.3) is 5.57 Å². The van der Waals surface area contributed by atoms with Crippen LogP contribution < -0.4 is 16.6 Å². The number of nitrogens with one attached hydrogen (secondary N) is 1. The van der Waals surface area contributed by atoms with E-state index in [1.165, 1.54) is 37.9 Å². The molecule has 0 unspecified atom stereocenters. The topological polar surface area (TPSA) is 98.2 Å². The third-order valence-corrected chi connectivity index (χ3v) is 4.64. The van der Waals surface area contributed by atoms with E-state index in [4.69, 9.17) is 5.73 Å². The standard InChI is InChI=1S/C20H26N6O/c1-2-9-26-14-18(7-8-19(26)27)22-11-15(10-21)16-12-23-20(24-13-16)25-17-5-3-4-6-17/h7-8,10-14,17H,2-6,9,21H2,1H3,(H,23,24,25)/b15-10+,22-11?. The summed E-state index contributed by atoms with van der Waals surface area (Å²) in [5.41, 5.74) is 7.94. The summed E-state index contributed by atoms with van der Waals surface area (Å²) in [6, 6.07) is 3.70. The normalized spacial score (nSPS) is 15.5. The highest BCUT2D eigenvalue weighted by Gasteiger charge is 2.15. The summed E-state index contributed by atoms with van der Waals surface area (Å²) < 4.78 is 1.66. The number of hydrogen-bond acceptors (Lipinski definition) is 6. The fourth-order valence-electron chi connectivity index (χ4n) is 3.17. The number of nitrogens with two attached hydrogens (primary N) is 1. The van der Waals surface area contributed by atoms with Gasteiger partial charge < -0.3 is 15.6 Å². The van der Waals surface area contributed by atoms with E-state index in [-0.39, 0.29) is 5.56 Å². The lowest BCUT2D eigenvalue weighted by Crippen LogP contribution is -2.17. The van der Waals surface area contributed by atoms with Crippen LogP contribution in [0.4, 0.5) is 11.6 Å². The lowest BCUT2D eigenvalue weighted by molar-refractivity contribution is 0.655. The van der Waals surface area contributed by atoms with Gasteiger partial charge in [-0.25, -0.2) is 9.97 Å². The molecule has 1 saturated carbocycles. The van der Waals surface area contributed by atoms with Crippen molar-refractivity contribution in [1.29, 1.82) is 0 Å². The molecule has 2 aromatic rings. The van der Waals surface area contributed by atoms with E-state index in [9.17, 15) is 4.79 Å². The highest BCUT2D eigenvalue weighted by Crippen LogP contribution is 2.21. The van der Waals surface area contributed by atoms with Gasteiger partial charge in [-0.3, -0.25) is 9.79 Å². The van der Waals surface area contributed by atoms with Crippen LogP contribution in [-0.4, -0.2) is 26.8 Å². The van der Waals surface area contributed by atoms with Gasteiger partial charge >= 0.3 is 0 Å². The average molecular weight is 366 g/mol. The molecule has 0 radical (unpaired) electrons. The van der Waals surface area contributed by atoms with Gasteiger partial charge in [0.05, 0.1) is 5.69 Å². The van der Waals surface area contributed by atoms with Crippen molar-refractivity contribution in [3.63, 3.8) is 0 Å². The lowest BCUT2D eigenvalue weighted by atomic mass is 10.1. The molecular formula is C20H26N6O. The van der Waals surface area contributed by atoms with E-state index >= 15 is 0 Å². The molecule has 0 saturated heterocycles. The second-order valence-corrected chi connectivity index (χ2v) is 6.72. The minimum Gasteiger partial charge on any atom is -0.404 e. The van der Waals surface area contributed by atoms with E-state index in [0.29, 0.717) is 24.2 Å². The Bertz CT molecular complexity index is 863. The maximum Gasteiger partial charge on any atom is 0.250 e. The summed E-state index contributed by atoms with van der Waals surface area (Å²) in [6.07, 6.45) is 14.1. The van der Waals surface area contributed by atoms with Crippen LogP contribution in [0, 0.1) is 0 Å². The van der Waals surface area contributed by atoms with Crippen molar-refractivity contribution in [2.45, 2.75) is 51.6 Å². The fraction of sp³-hybridized carbons (Fsp3) is 0.400. The van der Waals surface area contributed by atoms with Gasteiger partial charge in [-0.1, -0.05) is 19.8 Å². The zero-order valence-corrected chi connectivity index (χ0v) is 15.6. The van der Waals surface area contributed by atoms with Crippen LogP contribution >= 0.6 is 0 Å². The van der Waals surface area contributed by atoms with Gasteiger partial charge in [-0.15, -0.1) is 0 Å². The molecule has 2 aromatic heterocycles. The molecule has 3 rings (SSSR count). The van der Waals surface area contributed by atoms with Crippen molar-refractivity contribution in [2.75, 3.05) is 5.32 Å². The van der Waals surface area contributed by atoms with Gasteiger partial charge in [0, 0.05) is 60.8 Å². The SMILES string of the molecule is CCCn1cc(N=C/C(=C\N)c2cnc(NC3CCCC3)nc2)ccc1=O. The van der Waals surface area contributed by atoms with Crippen LogP contribution in [0.15, 0.2) is 46.7 Å². The summed E-state index contributed by atoms with van der Waals surface area (Å²) in [4.78, 5) is 25.0. The summed E-state index contributed by atoms with van der Waals surface area (Å²) >= 11 is 0. The molecular weight excluding hydrogens is 340 g/mol. The van der Waals surface area contributed by atoms with Crippen LogP contribution in [0.1, 0.15) is 44.6 Å². The summed E-state index contributed by atoms with van der Waals surface area (Å²) in [5, 5.41) is 3.37. The number of pyridine rings is 1. The smallest absolute Gasteiger partial charge is 0.250 e. The molecule has 0 atom stereocenters. The summed E-state index contributed by atoms with van der Waals surface area (Å²) in [7, 11) is 0. The van der Waals surface area contributed by atoms with E-state index in [1.807, 2.05) is 6.92 Å². The Morgan fingerprint density at radius 1 is 1.33 bits per heavy atom. The van der Waals surface area contributed by atoms with Crippen LogP contribution in [-0.2, 0) is 6.54 Å². The molecule has 3 N–H and O–H groups in total. The molecule has 27 heavy (non-hydrogen) atoms. The second-order valence-electron chi connectivity index (χ2n) is 6.72. The van der Waals surface area contributed by atoms with Gasteiger partial charge in [0.2, 0.25) is 5.95 Å². The maximum atomic E-state index is 11.8. The molecule has 142 valence electrons. The molecule has 1 aliphatic rings. The summed E-state index contributed by atoms with van der Waals surface area (Å²) in [5.74, 6) is 0.644. The number of allylic oxidation sites excluding steroid dienone is 1. The summed E-state index contributed by atoms with van der Waals surface area (Å²) in [6.45, 7) is 2.70. The minimum atomic E-state index is -0.0239. The zero-order valence-electron chi connectivity index (χ0n) is 15.6. The highest BCUT2D eigenvalue weighted by molar-refractivity contribution is 6.10. The molecule has 2 heterocycles. The minimum absolute atomic E-state index is 0.0239. The number of aromatic nitrogens is 3. The van der Waals surface area contributed by atoms with Gasteiger partial charge in [-0.05, 0) is 25.3 Å². The van der Waals surface area contributed by atoms with Gasteiger partial charge in [0.15, 0.2) is 0 Å². The Balaban J connectivity index is 1.70. The Morgan fingerprint density at radius 2 is 2.07 bits per heavy atom. The molecule has 1 fully saturated rings. The first-order valence-electron chi connectivity index (χ1n) is 9.45. The van der Waals surface area contributed by atoms with Crippen molar-refractivity contribution >= 4 is 23.4 Å². The predicted molar refractivity (Wildman–Crippen MR) is 109 cm³/mol. The Morgan fingerprint density at radius 3 is 2.74 bits per heavy atom. The molecule has 0 amide bonds. The van der Waals surface area contributed by atoms with Crippen molar-refractivity contribution in [3.8, 4) is 0 Å². The molecule has 0 bridgehead atoms. The van der Waals surface area contributed by atoms with Crippen molar-refractivity contribution in [2.24, 2.45) is 10.7 Å². The Labute approximate surface area is 159 Å². The first-order valence-corrected chi connectivity index (χ1v) is 9.45. The van der Waals surface area contributed by atoms with Crippen molar-refractivity contribution in [1.82, 2.24) is 14.5 Å². The van der Waals surface area contributed by atoms with Gasteiger partial charge in [-0.2, -0.15) is 0 Å². The quantitative estimate of drug-likeness (QED) is 0.734. The average Bonchev–Trinajstić information content (AvgIpc) is 3.19. The number of rotatable bonds is 7. The van der Waals surface area contributed by atoms with Gasteiger partial charge in [0.25, 0.3) is 5.56 Å². The Hall–Kier alpha value is -2.96. The molecule has 0 aliphatic heterocycles. The van der Waals surface area contributed by atoms with E-state index in [0.717, 1.165) is 17.6 Å². The molecule has 0 aromatic carbocycles. The number of nitrogens with zero attached hydrogens (tertiary/aromatic N) is 4. The van der Waals surface area contributed by atoms with Crippen molar-refractivity contribution < 1.29 is 0 Å². The fourth-order valence-corrected chi connectivity index (χ4v) is 3.17. The molecule has 1 aliphatic carbocycles. The van der Waals surface area contributed by atoms with E-state index in [1.54, 1.807) is 35.4 Å². The lowest BCUT2D eigenvalue weighted by Gasteiger charge is -2.11. The van der Waals surface area contributed by atoms with E-state index < -0.39 is 0 Å². The predicted octanol–water partition coefficient (Wildman–Crippen LogP) is 3.10. The first kappa shape index (κ1) is 18.8. The largest absolute Gasteiger partial charge is 0.404 e. The van der Waals surface area contributed by atoms with Crippen LogP contribution in [0.5, 0.6) is 0 Å². The van der Waals surface area contributed by atoms with Crippen LogP contribution in [0.2, 0.25) is 0 Å². The monoisotopic (exact) mass is 366 g/mol. The molecule has 0 spiro atoms. The molecule has 7 nitrogen and oxygen atoms in total. The number of aryl methyl sites for hydroxylation is 1. The van der Waals surface area contributed by atoms with Crippen LogP contribution in [0.3, 0.4) is 0 Å². The van der Waals surface area contributed by atoms with Gasteiger partial charge in [0.1, 0.15) is 0 Å². The maximum absolute atomic E-state index is 11.8. The third-order valence-electron chi connectivity index (χ3n) is 4.64. The number of anilines is 1. The second kappa shape index (κ2) is 9.12. The van der Waals surface area contributed by atoms with E-state index in [2.05, 4.69) is 20.3 Å². The highest BCUT2D eigenvalue weighted by atomic mass is 16.1.